The van der Waals surface area contributed by atoms with E-state index in [2.05, 4.69) is 43.3 Å². The summed E-state index contributed by atoms with van der Waals surface area (Å²) in [5.41, 5.74) is 2.65. The zero-order valence-electron chi connectivity index (χ0n) is 11.4. The second-order valence-corrected chi connectivity index (χ2v) is 5.24. The number of aryl methyl sites for hydroxylation is 1. The van der Waals surface area contributed by atoms with E-state index in [1.807, 2.05) is 4.90 Å². The summed E-state index contributed by atoms with van der Waals surface area (Å²) >= 11 is 0. The molecule has 1 aliphatic heterocycles. The van der Waals surface area contributed by atoms with Crippen LogP contribution in [-0.2, 0) is 17.8 Å². The van der Waals surface area contributed by atoms with Crippen molar-refractivity contribution in [3.8, 4) is 0 Å². The van der Waals surface area contributed by atoms with Crippen LogP contribution in [0.15, 0.2) is 24.3 Å². The van der Waals surface area contributed by atoms with Gasteiger partial charge in [-0.15, -0.1) is 0 Å². The van der Waals surface area contributed by atoms with Crippen LogP contribution < -0.4 is 0 Å². The Morgan fingerprint density at radius 1 is 1.17 bits per heavy atom. The van der Waals surface area contributed by atoms with E-state index in [1.54, 1.807) is 0 Å². The summed E-state index contributed by atoms with van der Waals surface area (Å²) in [7, 11) is 4.14. The Hall–Kier alpha value is -1.35. The zero-order chi connectivity index (χ0) is 13.0. The third-order valence-corrected chi connectivity index (χ3v) is 3.47. The number of hydrogen-bond acceptors (Lipinski definition) is 2. The number of fused-ring (bicyclic) bond motifs is 1. The molecule has 0 radical (unpaired) electrons. The van der Waals surface area contributed by atoms with Crippen molar-refractivity contribution in [2.24, 2.45) is 0 Å². The summed E-state index contributed by atoms with van der Waals surface area (Å²) < 4.78 is 0. The number of rotatable bonds is 4. The largest absolute Gasteiger partial charge is 0.338 e. The molecular weight excluding hydrogens is 224 g/mol. The third-order valence-electron chi connectivity index (χ3n) is 3.47. The van der Waals surface area contributed by atoms with Crippen LogP contribution in [0.2, 0.25) is 0 Å². The fourth-order valence-electron chi connectivity index (χ4n) is 2.43. The molecule has 1 amide bonds. The smallest absolute Gasteiger partial charge is 0.223 e. The van der Waals surface area contributed by atoms with E-state index in [-0.39, 0.29) is 0 Å². The summed E-state index contributed by atoms with van der Waals surface area (Å²) in [6.45, 7) is 2.68. The number of amides is 1. The highest BCUT2D eigenvalue weighted by atomic mass is 16.2. The predicted molar refractivity (Wildman–Crippen MR) is 73.4 cm³/mol. The predicted octanol–water partition coefficient (Wildman–Crippen LogP) is 1.91. The molecule has 0 unspecified atom stereocenters. The molecule has 1 heterocycles. The topological polar surface area (TPSA) is 23.6 Å². The van der Waals surface area contributed by atoms with Crippen molar-refractivity contribution < 1.29 is 4.79 Å². The number of hydrogen-bond donors (Lipinski definition) is 0. The molecule has 0 spiro atoms. The Balaban J connectivity index is 2.00. The maximum Gasteiger partial charge on any atom is 0.223 e. The molecule has 3 nitrogen and oxygen atoms in total. The van der Waals surface area contributed by atoms with E-state index in [4.69, 9.17) is 0 Å². The maximum atomic E-state index is 12.1. The molecule has 1 aliphatic rings. The highest BCUT2D eigenvalue weighted by Gasteiger charge is 2.19. The van der Waals surface area contributed by atoms with E-state index in [9.17, 15) is 4.79 Å². The van der Waals surface area contributed by atoms with Gasteiger partial charge in [0.2, 0.25) is 5.91 Å². The van der Waals surface area contributed by atoms with Crippen molar-refractivity contribution in [1.29, 1.82) is 0 Å². The quantitative estimate of drug-likeness (QED) is 0.810. The summed E-state index contributed by atoms with van der Waals surface area (Å²) in [4.78, 5) is 16.2. The number of carbonyl (C=O) groups is 1. The van der Waals surface area contributed by atoms with Crippen LogP contribution in [0.1, 0.15) is 24.0 Å². The Kier molecular flexibility index (Phi) is 4.37. The molecule has 98 valence electrons. The minimum atomic E-state index is 0.296. The van der Waals surface area contributed by atoms with E-state index < -0.39 is 0 Å². The first-order valence-electron chi connectivity index (χ1n) is 6.66. The second-order valence-electron chi connectivity index (χ2n) is 5.24. The van der Waals surface area contributed by atoms with Crippen LogP contribution in [0, 0.1) is 0 Å². The fourth-order valence-corrected chi connectivity index (χ4v) is 2.43. The molecule has 0 bridgehead atoms. The van der Waals surface area contributed by atoms with E-state index in [0.717, 1.165) is 32.5 Å². The summed E-state index contributed by atoms with van der Waals surface area (Å²) in [6.07, 6.45) is 2.58. The van der Waals surface area contributed by atoms with Gasteiger partial charge < -0.3 is 9.80 Å². The van der Waals surface area contributed by atoms with Crippen molar-refractivity contribution in [3.05, 3.63) is 35.4 Å². The highest BCUT2D eigenvalue weighted by molar-refractivity contribution is 5.77. The molecule has 1 aromatic carbocycles. The monoisotopic (exact) mass is 246 g/mol. The van der Waals surface area contributed by atoms with Gasteiger partial charge in [0, 0.05) is 19.5 Å². The summed E-state index contributed by atoms with van der Waals surface area (Å²) in [6, 6.07) is 8.41. The molecule has 0 saturated carbocycles. The van der Waals surface area contributed by atoms with Gasteiger partial charge >= 0.3 is 0 Å². The van der Waals surface area contributed by atoms with Gasteiger partial charge in [0.25, 0.3) is 0 Å². The van der Waals surface area contributed by atoms with Crippen LogP contribution in [0.3, 0.4) is 0 Å². The molecular formula is C15H22N2O. The zero-order valence-corrected chi connectivity index (χ0v) is 11.4. The van der Waals surface area contributed by atoms with Gasteiger partial charge in [-0.3, -0.25) is 4.79 Å². The van der Waals surface area contributed by atoms with E-state index in [0.29, 0.717) is 12.3 Å². The lowest BCUT2D eigenvalue weighted by Crippen LogP contribution is -2.31. The summed E-state index contributed by atoms with van der Waals surface area (Å²) in [5, 5.41) is 0. The van der Waals surface area contributed by atoms with Crippen LogP contribution >= 0.6 is 0 Å². The lowest BCUT2D eigenvalue weighted by molar-refractivity contribution is -0.131. The Bertz CT molecular complexity index is 415. The molecule has 1 aromatic rings. The Morgan fingerprint density at radius 3 is 2.61 bits per heavy atom. The Labute approximate surface area is 109 Å². The number of nitrogens with zero attached hydrogens (tertiary/aromatic N) is 2. The lowest BCUT2D eigenvalue weighted by atomic mass is 10.0. The van der Waals surface area contributed by atoms with Crippen LogP contribution in [-0.4, -0.2) is 42.9 Å². The molecule has 3 heteroatoms. The van der Waals surface area contributed by atoms with Crippen LogP contribution in [0.25, 0.3) is 0 Å². The van der Waals surface area contributed by atoms with Gasteiger partial charge in [-0.2, -0.15) is 0 Å². The lowest BCUT2D eigenvalue weighted by Gasteiger charge is -2.22. The van der Waals surface area contributed by atoms with Crippen molar-refractivity contribution >= 4 is 5.91 Å². The van der Waals surface area contributed by atoms with Crippen molar-refractivity contribution in [1.82, 2.24) is 9.80 Å². The van der Waals surface area contributed by atoms with Gasteiger partial charge in [0.05, 0.1) is 0 Å². The minimum absolute atomic E-state index is 0.296. The molecule has 0 aromatic heterocycles. The van der Waals surface area contributed by atoms with E-state index >= 15 is 0 Å². The first-order valence-corrected chi connectivity index (χ1v) is 6.66. The first-order chi connectivity index (χ1) is 8.66. The van der Waals surface area contributed by atoms with Crippen LogP contribution in [0.5, 0.6) is 0 Å². The number of carbonyl (C=O) groups excluding carboxylic acids is 1. The normalized spacial score (nSPS) is 15.7. The second kappa shape index (κ2) is 6.01. The van der Waals surface area contributed by atoms with Gasteiger partial charge in [-0.25, -0.2) is 0 Å². The molecule has 0 N–H and O–H groups in total. The van der Waals surface area contributed by atoms with Gasteiger partial charge in [0.15, 0.2) is 0 Å². The first kappa shape index (κ1) is 13.1. The van der Waals surface area contributed by atoms with Gasteiger partial charge in [-0.1, -0.05) is 24.3 Å². The Morgan fingerprint density at radius 2 is 1.89 bits per heavy atom. The van der Waals surface area contributed by atoms with Crippen molar-refractivity contribution in [2.75, 3.05) is 27.2 Å². The SMILES string of the molecule is CN(C)CCCN1Cc2ccccc2CCC1=O. The third kappa shape index (κ3) is 3.33. The summed E-state index contributed by atoms with van der Waals surface area (Å²) in [5.74, 6) is 0.296. The van der Waals surface area contributed by atoms with Crippen molar-refractivity contribution in [2.45, 2.75) is 25.8 Å². The molecule has 0 aliphatic carbocycles. The van der Waals surface area contributed by atoms with E-state index in [1.165, 1.54) is 11.1 Å². The molecule has 2 rings (SSSR count). The average molecular weight is 246 g/mol. The van der Waals surface area contributed by atoms with Crippen molar-refractivity contribution in [3.63, 3.8) is 0 Å². The van der Waals surface area contributed by atoms with Crippen LogP contribution in [0.4, 0.5) is 0 Å². The molecule has 0 saturated heterocycles. The average Bonchev–Trinajstić information content (AvgIpc) is 2.50. The fraction of sp³-hybridized carbons (Fsp3) is 0.533. The molecule has 18 heavy (non-hydrogen) atoms. The minimum Gasteiger partial charge on any atom is -0.338 e. The number of benzene rings is 1. The van der Waals surface area contributed by atoms with Gasteiger partial charge in [0.1, 0.15) is 0 Å². The molecule has 0 fully saturated rings. The standard InChI is InChI=1S/C15H22N2O/c1-16(2)10-5-11-17-12-14-7-4-3-6-13(14)8-9-15(17)18/h3-4,6-7H,5,8-12H2,1-2H3. The maximum absolute atomic E-state index is 12.1. The van der Waals surface area contributed by atoms with Gasteiger partial charge in [-0.05, 0) is 44.6 Å². The molecule has 0 atom stereocenters. The highest BCUT2D eigenvalue weighted by Crippen LogP contribution is 2.19.